The smallest absolute Gasteiger partial charge is 0.143 e. The van der Waals surface area contributed by atoms with E-state index in [1.54, 1.807) is 6.07 Å². The maximum absolute atomic E-state index is 9.71. The first-order valence-corrected chi connectivity index (χ1v) is 16.4. The summed E-state index contributed by atoms with van der Waals surface area (Å²) >= 11 is 0. The summed E-state index contributed by atoms with van der Waals surface area (Å²) in [7, 11) is 0. The van der Waals surface area contributed by atoms with Crippen LogP contribution < -0.4 is 0 Å². The fourth-order valence-corrected chi connectivity index (χ4v) is 7.57. The SMILES string of the molecule is [2H]c1c([2H])c([2H])c2c([2H])c(-c3c4c([2H])c([2H])c([2H])c([2H])c4c(-c4c(-c5cccc6oc7c8ccccc8ccc7c56)ccc5ccccc45)c4c([2H])c([2H])c([2H])c([2H])c34)c([2H])c([2H])c2c1[2H]. The lowest BCUT2D eigenvalue weighted by molar-refractivity contribution is 0.673. The van der Waals surface area contributed by atoms with Crippen LogP contribution in [0.3, 0.4) is 0 Å². The van der Waals surface area contributed by atoms with Crippen LogP contribution in [0, 0.1) is 0 Å². The Labute approximate surface area is 315 Å². The van der Waals surface area contributed by atoms with E-state index in [2.05, 4.69) is 0 Å². The molecule has 1 aromatic heterocycles. The third-order valence-electron chi connectivity index (χ3n) is 9.73. The van der Waals surface area contributed by atoms with Gasteiger partial charge in [-0.1, -0.05) is 163 Å². The molecule has 0 aliphatic carbocycles. The Bertz CT molecular complexity index is 3980. The minimum absolute atomic E-state index is 0.0247. The highest BCUT2D eigenvalue weighted by molar-refractivity contribution is 6.27. The molecule has 10 aromatic carbocycles. The molecule has 0 bridgehead atoms. The standard InChI is InChI=1S/C50H30O/c1-2-15-34-30-35(25-24-31(34)12-1)46-38-18-7-9-20-41(38)49(42-21-10-8-19-39(42)46)48-36-16-5-3-13-32(36)26-28-43(48)40-22-11-23-45-47(40)44-29-27-33-14-4-6-17-37(33)50(44)51-45/h1-30H/i1D,2D,7D,8D,9D,10D,12D,15D,18D,19D,20D,21D,24D,25D,30D. The molecular formula is C50H30O. The lowest BCUT2D eigenvalue weighted by Gasteiger charge is -2.21. The number of fused-ring (bicyclic) bond motifs is 9. The largest absolute Gasteiger partial charge is 0.455 e. The molecule has 0 aliphatic rings. The summed E-state index contributed by atoms with van der Waals surface area (Å²) in [4.78, 5) is 0. The van der Waals surface area contributed by atoms with Crippen molar-refractivity contribution in [2.45, 2.75) is 0 Å². The van der Waals surface area contributed by atoms with E-state index in [0.29, 0.717) is 38.6 Å². The normalized spacial score (nSPS) is 16.0. The first-order valence-electron chi connectivity index (χ1n) is 23.9. The van der Waals surface area contributed by atoms with Crippen molar-refractivity contribution in [3.63, 3.8) is 0 Å². The molecule has 236 valence electrons. The Morgan fingerprint density at radius 3 is 1.76 bits per heavy atom. The van der Waals surface area contributed by atoms with Crippen LogP contribution >= 0.6 is 0 Å². The molecule has 0 amide bonds. The van der Waals surface area contributed by atoms with Crippen molar-refractivity contribution >= 4 is 75.8 Å². The molecule has 0 fully saturated rings. The van der Waals surface area contributed by atoms with Crippen LogP contribution in [0.2, 0.25) is 0 Å². The fraction of sp³-hybridized carbons (Fsp3) is 0. The second kappa shape index (κ2) is 10.9. The van der Waals surface area contributed by atoms with E-state index in [-0.39, 0.29) is 32.7 Å². The molecule has 0 aliphatic heterocycles. The van der Waals surface area contributed by atoms with E-state index in [4.69, 9.17) is 16.8 Å². The van der Waals surface area contributed by atoms with E-state index >= 15 is 0 Å². The molecule has 51 heavy (non-hydrogen) atoms. The average molecular weight is 662 g/mol. The summed E-state index contributed by atoms with van der Waals surface area (Å²) in [6, 6.07) is 18.3. The van der Waals surface area contributed by atoms with Gasteiger partial charge in [0.25, 0.3) is 0 Å². The van der Waals surface area contributed by atoms with Gasteiger partial charge in [0, 0.05) is 16.2 Å². The van der Waals surface area contributed by atoms with Gasteiger partial charge in [0.2, 0.25) is 0 Å². The number of hydrogen-bond acceptors (Lipinski definition) is 1. The minimum Gasteiger partial charge on any atom is -0.455 e. The van der Waals surface area contributed by atoms with E-state index in [0.717, 1.165) is 21.5 Å². The van der Waals surface area contributed by atoms with Crippen LogP contribution in [0.4, 0.5) is 0 Å². The summed E-state index contributed by atoms with van der Waals surface area (Å²) in [6.07, 6.45) is 0. The third-order valence-corrected chi connectivity index (χ3v) is 9.73. The van der Waals surface area contributed by atoms with Gasteiger partial charge in [-0.05, 0) is 100 Å². The van der Waals surface area contributed by atoms with E-state index in [1.807, 2.05) is 84.9 Å². The van der Waals surface area contributed by atoms with Crippen LogP contribution in [-0.2, 0) is 0 Å². The fourth-order valence-electron chi connectivity index (χ4n) is 7.57. The highest BCUT2D eigenvalue weighted by Crippen LogP contribution is 2.50. The summed E-state index contributed by atoms with van der Waals surface area (Å²) in [6.45, 7) is 0. The number of benzene rings is 10. The quantitative estimate of drug-likeness (QED) is 0.172. The predicted molar refractivity (Wildman–Crippen MR) is 218 cm³/mol. The molecule has 0 atom stereocenters. The molecule has 11 rings (SSSR count). The Morgan fingerprint density at radius 2 is 1.00 bits per heavy atom. The van der Waals surface area contributed by atoms with Crippen molar-refractivity contribution < 1.29 is 25.0 Å². The van der Waals surface area contributed by atoms with Crippen LogP contribution in [0.5, 0.6) is 0 Å². The lowest BCUT2D eigenvalue weighted by atomic mass is 9.81. The van der Waals surface area contributed by atoms with Gasteiger partial charge >= 0.3 is 0 Å². The van der Waals surface area contributed by atoms with Gasteiger partial charge < -0.3 is 4.42 Å². The molecule has 0 unspecified atom stereocenters. The number of hydrogen-bond donors (Lipinski definition) is 0. The van der Waals surface area contributed by atoms with Gasteiger partial charge in [-0.15, -0.1) is 0 Å². The van der Waals surface area contributed by atoms with Gasteiger partial charge in [0.1, 0.15) is 11.2 Å². The predicted octanol–water partition coefficient (Wildman–Crippen LogP) is 14.4. The minimum atomic E-state index is -0.746. The molecule has 0 N–H and O–H groups in total. The number of rotatable bonds is 3. The summed E-state index contributed by atoms with van der Waals surface area (Å²) < 4.78 is 144. The van der Waals surface area contributed by atoms with Crippen molar-refractivity contribution in [3.8, 4) is 33.4 Å². The monoisotopic (exact) mass is 661 g/mol. The first-order chi connectivity index (χ1) is 31.6. The Hall–Kier alpha value is -6.70. The highest BCUT2D eigenvalue weighted by atomic mass is 16.3. The Kier molecular flexibility index (Phi) is 3.70. The molecule has 0 saturated carbocycles. The van der Waals surface area contributed by atoms with Crippen molar-refractivity contribution in [2.24, 2.45) is 0 Å². The summed E-state index contributed by atoms with van der Waals surface area (Å²) in [5.74, 6) is 0. The zero-order valence-corrected chi connectivity index (χ0v) is 26.6. The van der Waals surface area contributed by atoms with E-state index < -0.39 is 107 Å². The Balaban J connectivity index is 1.43. The molecule has 0 radical (unpaired) electrons. The molecule has 0 saturated heterocycles. The van der Waals surface area contributed by atoms with Crippen molar-refractivity contribution in [1.82, 2.24) is 0 Å². The maximum Gasteiger partial charge on any atom is 0.143 e. The van der Waals surface area contributed by atoms with Crippen LogP contribution in [-0.4, -0.2) is 0 Å². The highest BCUT2D eigenvalue weighted by Gasteiger charge is 2.23. The second-order valence-corrected chi connectivity index (χ2v) is 12.4. The average Bonchev–Trinajstić information content (AvgIpc) is 3.72. The Morgan fingerprint density at radius 1 is 0.373 bits per heavy atom. The zero-order chi connectivity index (χ0) is 46.5. The summed E-state index contributed by atoms with van der Waals surface area (Å²) in [5, 5.41) is 2.78. The topological polar surface area (TPSA) is 13.1 Å². The summed E-state index contributed by atoms with van der Waals surface area (Å²) in [5.41, 5.74) is 1.88. The molecule has 11 aromatic rings. The van der Waals surface area contributed by atoms with Gasteiger partial charge in [0.05, 0.1) is 20.6 Å². The van der Waals surface area contributed by atoms with Crippen molar-refractivity contribution in [2.75, 3.05) is 0 Å². The molecule has 1 heteroatoms. The molecule has 1 heterocycles. The second-order valence-electron chi connectivity index (χ2n) is 12.4. The third kappa shape index (κ3) is 4.16. The van der Waals surface area contributed by atoms with Crippen molar-refractivity contribution in [1.29, 1.82) is 0 Å². The van der Waals surface area contributed by atoms with Gasteiger partial charge in [0.15, 0.2) is 0 Å². The first kappa shape index (κ1) is 17.3. The zero-order valence-electron chi connectivity index (χ0n) is 41.6. The van der Waals surface area contributed by atoms with Gasteiger partial charge in [-0.2, -0.15) is 0 Å². The lowest BCUT2D eigenvalue weighted by Crippen LogP contribution is -1.94. The van der Waals surface area contributed by atoms with Crippen LogP contribution in [0.15, 0.2) is 186 Å². The van der Waals surface area contributed by atoms with E-state index in [1.165, 1.54) is 0 Å². The molecular weight excluding hydrogens is 617 g/mol. The maximum atomic E-state index is 9.71. The molecule has 0 spiro atoms. The van der Waals surface area contributed by atoms with E-state index in [9.17, 15) is 8.22 Å². The van der Waals surface area contributed by atoms with Gasteiger partial charge in [-0.3, -0.25) is 0 Å². The van der Waals surface area contributed by atoms with Crippen LogP contribution in [0.25, 0.3) is 109 Å². The molecule has 1 nitrogen and oxygen atoms in total. The van der Waals surface area contributed by atoms with Crippen molar-refractivity contribution in [3.05, 3.63) is 182 Å². The van der Waals surface area contributed by atoms with Crippen LogP contribution in [0.1, 0.15) is 20.6 Å². The number of furan rings is 1. The van der Waals surface area contributed by atoms with Gasteiger partial charge in [-0.25, -0.2) is 0 Å².